The molecule has 4 aromatic carbocycles. The minimum absolute atomic E-state index is 0. The van der Waals surface area contributed by atoms with Crippen molar-refractivity contribution in [3.63, 3.8) is 0 Å². The van der Waals surface area contributed by atoms with Crippen LogP contribution in [-0.2, 0) is 56.1 Å². The molecule has 4 aromatic rings. The molecular formula is C43H42K3N3O13S4. The third kappa shape index (κ3) is 12.5. The van der Waals surface area contributed by atoms with Crippen LogP contribution in [-0.4, -0.2) is 88.2 Å². The SMILES string of the molecule is C#CCNC(=O)CCCCCN1/C(=C/C=C/C=C/C2=[N+](C)c3ccc4c(S(=O)(=O)[O-])cc(S(=O)(=O)[O-])cc4c3C2(C)C)C(C)(C)c2c1ccc1c(S(=O)(=O)[O-])cc(S(=O)(=O)[O-])cc21.[K+].[K+].[K+]. The zero-order valence-electron chi connectivity index (χ0n) is 37.7. The Morgan fingerprint density at radius 1 is 0.697 bits per heavy atom. The number of carbonyl (C=O) groups excluding carboxylic acids is 1. The molecule has 0 atom stereocenters. The van der Waals surface area contributed by atoms with Gasteiger partial charge in [0.1, 0.15) is 47.5 Å². The van der Waals surface area contributed by atoms with Gasteiger partial charge in [0.15, 0.2) is 5.71 Å². The van der Waals surface area contributed by atoms with Crippen LogP contribution in [0.15, 0.2) is 104 Å². The average molecular weight is 1050 g/mol. The Hall–Kier alpha value is -0.331. The van der Waals surface area contributed by atoms with E-state index in [2.05, 4.69) is 11.2 Å². The van der Waals surface area contributed by atoms with E-state index in [1.54, 1.807) is 43.5 Å². The monoisotopic (exact) mass is 1050 g/mol. The molecule has 0 saturated carbocycles. The maximum atomic E-state index is 12.4. The van der Waals surface area contributed by atoms with E-state index in [0.29, 0.717) is 71.9 Å². The van der Waals surface area contributed by atoms with Gasteiger partial charge in [-0.2, -0.15) is 4.58 Å². The maximum Gasteiger partial charge on any atom is 1.00 e. The fourth-order valence-electron chi connectivity index (χ4n) is 8.71. The van der Waals surface area contributed by atoms with E-state index in [-0.39, 0.29) is 195 Å². The van der Waals surface area contributed by atoms with Crippen LogP contribution in [0.2, 0.25) is 0 Å². The summed E-state index contributed by atoms with van der Waals surface area (Å²) in [7, 11) is -19.0. The van der Waals surface area contributed by atoms with Gasteiger partial charge in [0.2, 0.25) is 11.6 Å². The summed E-state index contributed by atoms with van der Waals surface area (Å²) in [5.41, 5.74) is 1.64. The summed E-state index contributed by atoms with van der Waals surface area (Å²) in [6, 6.07) is 9.36. The predicted octanol–water partition coefficient (Wildman–Crippen LogP) is -4.27. The molecule has 2 aliphatic rings. The van der Waals surface area contributed by atoms with Gasteiger partial charge in [-0.25, -0.2) is 33.7 Å². The molecule has 66 heavy (non-hydrogen) atoms. The first-order chi connectivity index (χ1) is 29.1. The molecule has 0 spiro atoms. The van der Waals surface area contributed by atoms with Crippen molar-refractivity contribution in [2.24, 2.45) is 0 Å². The second kappa shape index (κ2) is 22.6. The minimum atomic E-state index is -5.23. The van der Waals surface area contributed by atoms with Gasteiger partial charge in [-0.3, -0.25) is 4.79 Å². The summed E-state index contributed by atoms with van der Waals surface area (Å²) in [6.07, 6.45) is 16.1. The Balaban J connectivity index is 0.00000385. The van der Waals surface area contributed by atoms with Crippen LogP contribution in [0.1, 0.15) is 64.5 Å². The summed E-state index contributed by atoms with van der Waals surface area (Å²) in [5, 5.41) is 2.75. The van der Waals surface area contributed by atoms with E-state index in [0.717, 1.165) is 12.1 Å². The van der Waals surface area contributed by atoms with E-state index >= 15 is 0 Å². The van der Waals surface area contributed by atoms with Gasteiger partial charge >= 0.3 is 154 Å². The number of anilines is 1. The number of benzene rings is 4. The van der Waals surface area contributed by atoms with E-state index in [1.165, 1.54) is 12.1 Å². The number of carbonyl (C=O) groups is 1. The van der Waals surface area contributed by atoms with Crippen molar-refractivity contribution in [1.82, 2.24) is 5.32 Å². The Morgan fingerprint density at radius 3 is 1.74 bits per heavy atom. The number of nitrogens with one attached hydrogen (secondary N) is 1. The van der Waals surface area contributed by atoms with Gasteiger partial charge < -0.3 is 28.4 Å². The molecule has 23 heteroatoms. The molecule has 0 bridgehead atoms. The van der Waals surface area contributed by atoms with Crippen LogP contribution < -0.4 is 164 Å². The molecule has 0 saturated heterocycles. The van der Waals surface area contributed by atoms with E-state index in [1.807, 2.05) is 43.2 Å². The largest absolute Gasteiger partial charge is 1.00 e. The van der Waals surface area contributed by atoms with Crippen molar-refractivity contribution >= 4 is 85.0 Å². The number of hydrogen-bond donors (Lipinski definition) is 1. The van der Waals surface area contributed by atoms with Gasteiger partial charge in [0.05, 0.1) is 31.5 Å². The molecule has 16 nitrogen and oxygen atoms in total. The average Bonchev–Trinajstić information content (AvgIpc) is 3.51. The van der Waals surface area contributed by atoms with E-state index < -0.39 is 70.9 Å². The third-order valence-corrected chi connectivity index (χ3v) is 14.8. The Bertz CT molecular complexity index is 3270. The summed E-state index contributed by atoms with van der Waals surface area (Å²) in [6.45, 7) is 7.83. The number of amides is 1. The van der Waals surface area contributed by atoms with Crippen LogP contribution in [0.4, 0.5) is 11.4 Å². The van der Waals surface area contributed by atoms with Crippen LogP contribution in [0.25, 0.3) is 21.5 Å². The van der Waals surface area contributed by atoms with Crippen molar-refractivity contribution in [2.45, 2.75) is 83.8 Å². The molecule has 1 amide bonds. The predicted molar refractivity (Wildman–Crippen MR) is 231 cm³/mol. The molecule has 0 radical (unpaired) electrons. The van der Waals surface area contributed by atoms with Gasteiger partial charge in [-0.15, -0.1) is 6.42 Å². The third-order valence-electron chi connectivity index (χ3n) is 11.5. The van der Waals surface area contributed by atoms with Crippen molar-refractivity contribution in [2.75, 3.05) is 25.0 Å². The number of fused-ring (bicyclic) bond motifs is 6. The topological polar surface area (TPSA) is 264 Å². The van der Waals surface area contributed by atoms with E-state index in [4.69, 9.17) is 6.42 Å². The molecule has 2 heterocycles. The number of nitrogens with zero attached hydrogens (tertiary/aromatic N) is 2. The molecule has 0 unspecified atom stereocenters. The fourth-order valence-corrected chi connectivity index (χ4v) is 11.3. The molecule has 0 aromatic heterocycles. The quantitative estimate of drug-likeness (QED) is 0.0313. The van der Waals surface area contributed by atoms with Gasteiger partial charge in [0.25, 0.3) is 0 Å². The molecule has 1 N–H and O–H groups in total. The number of rotatable bonds is 14. The van der Waals surface area contributed by atoms with Gasteiger partial charge in [-0.1, -0.05) is 50.5 Å². The molecule has 6 rings (SSSR count). The van der Waals surface area contributed by atoms with E-state index in [9.17, 15) is 56.7 Å². The number of terminal acetylenes is 1. The minimum Gasteiger partial charge on any atom is -0.744 e. The van der Waals surface area contributed by atoms with Crippen molar-refractivity contribution < 1.29 is 215 Å². The smallest absolute Gasteiger partial charge is 0.744 e. The molecule has 0 fully saturated rings. The zero-order chi connectivity index (χ0) is 46.7. The van der Waals surface area contributed by atoms with Crippen molar-refractivity contribution in [1.29, 1.82) is 0 Å². The van der Waals surface area contributed by atoms with Gasteiger partial charge in [0, 0.05) is 52.9 Å². The number of unbranched alkanes of at least 4 members (excludes halogenated alkanes) is 2. The zero-order valence-corrected chi connectivity index (χ0v) is 50.3. The first kappa shape index (κ1) is 60.0. The second-order valence-corrected chi connectivity index (χ2v) is 21.7. The molecule has 2 aliphatic heterocycles. The number of hydrogen-bond acceptors (Lipinski definition) is 14. The van der Waals surface area contributed by atoms with Crippen LogP contribution >= 0.6 is 0 Å². The Morgan fingerprint density at radius 2 is 1.23 bits per heavy atom. The summed E-state index contributed by atoms with van der Waals surface area (Å²) < 4.78 is 149. The summed E-state index contributed by atoms with van der Waals surface area (Å²) in [4.78, 5) is 10.7. The Labute approximate surface area is 513 Å². The Kier molecular flexibility index (Phi) is 20.5. The maximum absolute atomic E-state index is 12.4. The fraction of sp³-hybridized carbons (Fsp3) is 0.302. The standard InChI is InChI=1S/C43H45N3O13S4.3K/c1-7-21-44-39(47)16-12-9-13-22-46-34-20-18-30-32(24-28(61(51,52)53)26-36(30)63(57,58)59)41(34)43(4,5)38(46)15-11-8-10-14-37-42(2,3)40-31-23-27(60(48,49)50)25-35(62(54,55)56)29(31)17-19-33(40)45(37)6;;;/h1,8,10-11,14-15,17-20,23-26H,9,12-13,16,21-22H2,2-6H3,(H4-,44,47,48,49,50,51,52,53,54,55,56,57,58,59);;;/q;3*+1/p-3. The number of allylic oxidation sites excluding steroid dienone is 6. The summed E-state index contributed by atoms with van der Waals surface area (Å²) >= 11 is 0. The van der Waals surface area contributed by atoms with Crippen LogP contribution in [0.3, 0.4) is 0 Å². The summed E-state index contributed by atoms with van der Waals surface area (Å²) in [5.74, 6) is 2.16. The second-order valence-electron chi connectivity index (χ2n) is 16.2. The first-order valence-corrected chi connectivity index (χ1v) is 25.0. The normalized spacial score (nSPS) is 16.2. The van der Waals surface area contributed by atoms with Crippen LogP contribution in [0.5, 0.6) is 0 Å². The van der Waals surface area contributed by atoms with Gasteiger partial charge in [-0.05, 0) is 90.9 Å². The van der Waals surface area contributed by atoms with Crippen molar-refractivity contribution in [3.05, 3.63) is 95.7 Å². The van der Waals surface area contributed by atoms with Crippen molar-refractivity contribution in [3.8, 4) is 12.3 Å². The molecular weight excluding hydrogens is 1010 g/mol. The molecule has 334 valence electrons. The molecule has 0 aliphatic carbocycles. The first-order valence-electron chi connectivity index (χ1n) is 19.3. The van der Waals surface area contributed by atoms with Crippen LogP contribution in [0, 0.1) is 12.3 Å².